The van der Waals surface area contributed by atoms with Gasteiger partial charge in [0.1, 0.15) is 17.8 Å². The van der Waals surface area contributed by atoms with E-state index in [-0.39, 0.29) is 5.91 Å². The summed E-state index contributed by atoms with van der Waals surface area (Å²) < 4.78 is 0. The molecule has 0 radical (unpaired) electrons. The molecule has 0 unspecified atom stereocenters. The molecular weight excluding hydrogens is 314 g/mol. The Labute approximate surface area is 149 Å². The Balaban J connectivity index is 2.16. The van der Waals surface area contributed by atoms with Crippen LogP contribution in [0.4, 0.5) is 11.5 Å². The number of aryl methyl sites for hydroxylation is 1. The van der Waals surface area contributed by atoms with Crippen molar-refractivity contribution in [2.45, 2.75) is 26.7 Å². The van der Waals surface area contributed by atoms with Gasteiger partial charge in [0, 0.05) is 24.8 Å². The largest absolute Gasteiger partial charge is 0.349 e. The van der Waals surface area contributed by atoms with Crippen molar-refractivity contribution in [1.82, 2.24) is 20.2 Å². The highest BCUT2D eigenvalue weighted by atomic mass is 16.1. The summed E-state index contributed by atoms with van der Waals surface area (Å²) in [5.74, 6) is 0.808. The summed E-state index contributed by atoms with van der Waals surface area (Å²) in [5.41, 5.74) is 3.75. The molecule has 0 aliphatic heterocycles. The lowest BCUT2D eigenvalue weighted by Gasteiger charge is -2.17. The maximum atomic E-state index is 12.2. The van der Waals surface area contributed by atoms with Crippen LogP contribution in [-0.2, 0) is 0 Å². The number of nitrogens with zero attached hydrogens (tertiary/aromatic N) is 3. The van der Waals surface area contributed by atoms with E-state index in [4.69, 9.17) is 0 Å². The van der Waals surface area contributed by atoms with Crippen LogP contribution >= 0.6 is 0 Å². The lowest BCUT2D eigenvalue weighted by molar-refractivity contribution is 0.0946. The minimum absolute atomic E-state index is 0.193. The van der Waals surface area contributed by atoms with Gasteiger partial charge in [-0.3, -0.25) is 4.79 Å². The number of carbonyl (C=O) groups excluding carboxylic acids is 1. The Hall–Kier alpha value is -2.47. The van der Waals surface area contributed by atoms with Gasteiger partial charge in [-0.15, -0.1) is 0 Å². The van der Waals surface area contributed by atoms with E-state index in [9.17, 15) is 4.79 Å². The summed E-state index contributed by atoms with van der Waals surface area (Å²) >= 11 is 0. The van der Waals surface area contributed by atoms with E-state index >= 15 is 0 Å². The molecule has 134 valence electrons. The zero-order valence-corrected chi connectivity index (χ0v) is 15.6. The average molecular weight is 341 g/mol. The van der Waals surface area contributed by atoms with Crippen LogP contribution in [0.2, 0.25) is 0 Å². The number of rotatable bonds is 7. The molecule has 6 heteroatoms. The van der Waals surface area contributed by atoms with Crippen LogP contribution in [0.25, 0.3) is 0 Å². The molecule has 2 aromatic rings. The van der Waals surface area contributed by atoms with E-state index in [1.165, 1.54) is 11.9 Å². The first-order chi connectivity index (χ1) is 11.9. The van der Waals surface area contributed by atoms with Gasteiger partial charge in [-0.25, -0.2) is 9.97 Å². The van der Waals surface area contributed by atoms with Gasteiger partial charge in [0.15, 0.2) is 0 Å². The van der Waals surface area contributed by atoms with Crippen molar-refractivity contribution in [3.63, 3.8) is 0 Å². The third-order valence-corrected chi connectivity index (χ3v) is 3.92. The lowest BCUT2D eigenvalue weighted by Crippen LogP contribution is -2.31. The maximum Gasteiger partial charge on any atom is 0.270 e. The van der Waals surface area contributed by atoms with Crippen molar-refractivity contribution in [2.24, 2.45) is 0 Å². The van der Waals surface area contributed by atoms with Crippen molar-refractivity contribution in [3.05, 3.63) is 47.4 Å². The number of nitrogens with one attached hydrogen (secondary N) is 2. The number of benzene rings is 1. The highest BCUT2D eigenvalue weighted by Crippen LogP contribution is 2.29. The van der Waals surface area contributed by atoms with Gasteiger partial charge in [-0.2, -0.15) is 0 Å². The minimum atomic E-state index is -0.193. The van der Waals surface area contributed by atoms with Gasteiger partial charge in [0.2, 0.25) is 0 Å². The molecule has 0 aliphatic carbocycles. The fourth-order valence-electron chi connectivity index (χ4n) is 2.50. The summed E-state index contributed by atoms with van der Waals surface area (Å²) in [5, 5.41) is 6.22. The zero-order valence-electron chi connectivity index (χ0n) is 15.6. The third kappa shape index (κ3) is 5.26. The van der Waals surface area contributed by atoms with E-state index in [0.717, 1.165) is 17.8 Å². The molecule has 0 bridgehead atoms. The third-order valence-electron chi connectivity index (χ3n) is 3.92. The normalized spacial score (nSPS) is 11.0. The number of hydrogen-bond acceptors (Lipinski definition) is 5. The summed E-state index contributed by atoms with van der Waals surface area (Å²) in [6.07, 6.45) is 1.41. The summed E-state index contributed by atoms with van der Waals surface area (Å²) in [6.45, 7) is 7.73. The molecule has 1 heterocycles. The topological polar surface area (TPSA) is 70.2 Å². The Morgan fingerprint density at radius 2 is 2.00 bits per heavy atom. The smallest absolute Gasteiger partial charge is 0.270 e. The Morgan fingerprint density at radius 3 is 2.68 bits per heavy atom. The number of aromatic nitrogens is 2. The van der Waals surface area contributed by atoms with Crippen molar-refractivity contribution in [2.75, 3.05) is 32.5 Å². The van der Waals surface area contributed by atoms with E-state index in [1.54, 1.807) is 6.07 Å². The number of hydrogen-bond donors (Lipinski definition) is 2. The Bertz CT molecular complexity index is 728. The second kappa shape index (κ2) is 8.58. The number of amides is 1. The van der Waals surface area contributed by atoms with Crippen LogP contribution in [0.5, 0.6) is 0 Å². The molecule has 0 atom stereocenters. The van der Waals surface area contributed by atoms with Crippen molar-refractivity contribution in [1.29, 1.82) is 0 Å². The summed E-state index contributed by atoms with van der Waals surface area (Å²) in [4.78, 5) is 22.6. The van der Waals surface area contributed by atoms with Crippen molar-refractivity contribution in [3.8, 4) is 0 Å². The van der Waals surface area contributed by atoms with E-state index < -0.39 is 0 Å². The second-order valence-corrected chi connectivity index (χ2v) is 6.67. The van der Waals surface area contributed by atoms with Gasteiger partial charge in [0.25, 0.3) is 5.91 Å². The predicted octanol–water partition coefficient (Wildman–Crippen LogP) is 2.94. The molecule has 2 rings (SSSR count). The monoisotopic (exact) mass is 341 g/mol. The highest BCUT2D eigenvalue weighted by Gasteiger charge is 2.12. The molecule has 0 saturated heterocycles. The standard InChI is InChI=1S/C19H27N5O/c1-13(2)15-8-6-7-14(3)18(15)23-17-11-16(21-12-22-17)19(25)20-9-10-24(4)5/h6-8,11-13H,9-10H2,1-5H3,(H,20,25)(H,21,22,23). The quantitative estimate of drug-likeness (QED) is 0.810. The van der Waals surface area contributed by atoms with Crippen LogP contribution in [0.15, 0.2) is 30.6 Å². The molecular formula is C19H27N5O. The minimum Gasteiger partial charge on any atom is -0.349 e. The average Bonchev–Trinajstić information content (AvgIpc) is 2.56. The second-order valence-electron chi connectivity index (χ2n) is 6.67. The van der Waals surface area contributed by atoms with Crippen LogP contribution in [0, 0.1) is 6.92 Å². The maximum absolute atomic E-state index is 12.2. The number of para-hydroxylation sites is 1. The van der Waals surface area contributed by atoms with Crippen LogP contribution in [-0.4, -0.2) is 48.0 Å². The van der Waals surface area contributed by atoms with Gasteiger partial charge >= 0.3 is 0 Å². The fraction of sp³-hybridized carbons (Fsp3) is 0.421. The Morgan fingerprint density at radius 1 is 1.24 bits per heavy atom. The van der Waals surface area contributed by atoms with Crippen LogP contribution in [0.1, 0.15) is 41.4 Å². The van der Waals surface area contributed by atoms with E-state index in [0.29, 0.717) is 24.0 Å². The summed E-state index contributed by atoms with van der Waals surface area (Å²) in [6, 6.07) is 7.90. The first-order valence-corrected chi connectivity index (χ1v) is 8.50. The zero-order chi connectivity index (χ0) is 18.4. The highest BCUT2D eigenvalue weighted by molar-refractivity contribution is 5.93. The molecule has 2 N–H and O–H groups in total. The van der Waals surface area contributed by atoms with E-state index in [1.807, 2.05) is 19.0 Å². The Kier molecular flexibility index (Phi) is 6.47. The molecule has 0 saturated carbocycles. The lowest BCUT2D eigenvalue weighted by atomic mass is 9.98. The van der Waals surface area contributed by atoms with Crippen molar-refractivity contribution >= 4 is 17.4 Å². The van der Waals surface area contributed by atoms with Gasteiger partial charge < -0.3 is 15.5 Å². The first kappa shape index (κ1) is 18.9. The molecule has 1 aromatic carbocycles. The van der Waals surface area contributed by atoms with Crippen LogP contribution < -0.4 is 10.6 Å². The SMILES string of the molecule is Cc1cccc(C(C)C)c1Nc1cc(C(=O)NCCN(C)C)ncn1. The molecule has 25 heavy (non-hydrogen) atoms. The molecule has 1 aromatic heterocycles. The summed E-state index contributed by atoms with van der Waals surface area (Å²) in [7, 11) is 3.93. The number of carbonyl (C=O) groups is 1. The molecule has 6 nitrogen and oxygen atoms in total. The first-order valence-electron chi connectivity index (χ1n) is 8.50. The van der Waals surface area contributed by atoms with Crippen LogP contribution in [0.3, 0.4) is 0 Å². The van der Waals surface area contributed by atoms with Crippen molar-refractivity contribution < 1.29 is 4.79 Å². The molecule has 1 amide bonds. The number of anilines is 2. The molecule has 0 spiro atoms. The van der Waals surface area contributed by atoms with E-state index in [2.05, 4.69) is 59.6 Å². The predicted molar refractivity (Wildman–Crippen MR) is 101 cm³/mol. The molecule has 0 aliphatic rings. The number of likely N-dealkylation sites (N-methyl/N-ethyl adjacent to an activating group) is 1. The van der Waals surface area contributed by atoms with Gasteiger partial charge in [-0.05, 0) is 38.1 Å². The fourth-order valence-corrected chi connectivity index (χ4v) is 2.50. The molecule has 0 fully saturated rings. The van der Waals surface area contributed by atoms with Gasteiger partial charge in [0.05, 0.1) is 0 Å². The van der Waals surface area contributed by atoms with Gasteiger partial charge in [-0.1, -0.05) is 32.0 Å².